The Labute approximate surface area is 207 Å². The zero-order valence-electron chi connectivity index (χ0n) is 16.3. The third-order valence-electron chi connectivity index (χ3n) is 4.31. The van der Waals surface area contributed by atoms with Crippen LogP contribution in [-0.2, 0) is 9.84 Å². The van der Waals surface area contributed by atoms with Crippen molar-refractivity contribution in [3.05, 3.63) is 87.5 Å². The molecule has 0 bridgehead atoms. The molecule has 0 saturated heterocycles. The van der Waals surface area contributed by atoms with Crippen molar-refractivity contribution >= 4 is 63.7 Å². The van der Waals surface area contributed by atoms with E-state index in [1.54, 1.807) is 0 Å². The molecule has 0 fully saturated rings. The van der Waals surface area contributed by atoms with Crippen molar-refractivity contribution in [2.45, 2.75) is 10.1 Å². The lowest BCUT2D eigenvalue weighted by Gasteiger charge is -2.21. The van der Waals surface area contributed by atoms with Crippen LogP contribution >= 0.6 is 48.0 Å². The molecular formula is C20H19Cl4F2N3O2S. The second-order valence-electron chi connectivity index (χ2n) is 6.35. The van der Waals surface area contributed by atoms with E-state index in [2.05, 4.69) is 10.3 Å². The fourth-order valence-corrected chi connectivity index (χ4v) is 5.16. The van der Waals surface area contributed by atoms with Gasteiger partial charge in [-0.05, 0) is 54.1 Å². The lowest BCUT2D eigenvalue weighted by atomic mass is 10.0. The molecule has 0 amide bonds. The molecule has 0 spiro atoms. The second kappa shape index (κ2) is 12.0. The average molecular weight is 545 g/mol. The molecule has 2 aromatic carbocycles. The van der Waals surface area contributed by atoms with E-state index < -0.39 is 26.7 Å². The maximum absolute atomic E-state index is 14.7. The average Bonchev–Trinajstić information content (AvgIpc) is 2.71. The van der Waals surface area contributed by atoms with Gasteiger partial charge in [-0.2, -0.15) is 0 Å². The number of anilines is 1. The van der Waals surface area contributed by atoms with Crippen LogP contribution < -0.4 is 11.1 Å². The van der Waals surface area contributed by atoms with Crippen LogP contribution in [0.25, 0.3) is 0 Å². The molecule has 0 radical (unpaired) electrons. The van der Waals surface area contributed by atoms with Crippen LogP contribution in [0, 0.1) is 11.6 Å². The van der Waals surface area contributed by atoms with Crippen LogP contribution in [0.1, 0.15) is 16.4 Å². The maximum atomic E-state index is 14.7. The molecule has 3 N–H and O–H groups in total. The van der Waals surface area contributed by atoms with E-state index in [9.17, 15) is 17.2 Å². The van der Waals surface area contributed by atoms with Crippen LogP contribution in [-0.4, -0.2) is 26.5 Å². The van der Waals surface area contributed by atoms with Crippen LogP contribution in [0.3, 0.4) is 0 Å². The van der Waals surface area contributed by atoms with Crippen molar-refractivity contribution in [3.8, 4) is 0 Å². The topological polar surface area (TPSA) is 85.1 Å². The van der Waals surface area contributed by atoms with E-state index in [1.807, 2.05) is 0 Å². The van der Waals surface area contributed by atoms with Crippen LogP contribution in [0.15, 0.2) is 59.6 Å². The van der Waals surface area contributed by atoms with Gasteiger partial charge >= 0.3 is 0 Å². The van der Waals surface area contributed by atoms with Crippen molar-refractivity contribution in [1.82, 2.24) is 4.98 Å². The number of nitrogens with zero attached hydrogens (tertiary/aromatic N) is 1. The molecule has 1 heterocycles. The predicted octanol–water partition coefficient (Wildman–Crippen LogP) is 5.44. The normalized spacial score (nSPS) is 11.8. The summed E-state index contributed by atoms with van der Waals surface area (Å²) in [7, 11) is -4.25. The largest absolute Gasteiger partial charge is 0.369 e. The van der Waals surface area contributed by atoms with E-state index in [0.717, 1.165) is 18.2 Å². The Balaban J connectivity index is 0.00000256. The molecule has 1 unspecified atom stereocenters. The summed E-state index contributed by atoms with van der Waals surface area (Å²) in [6.45, 7) is 0.682. The highest BCUT2D eigenvalue weighted by Gasteiger charge is 2.35. The van der Waals surface area contributed by atoms with Gasteiger partial charge in [-0.3, -0.25) is 0 Å². The highest BCUT2D eigenvalue weighted by atomic mass is 35.5. The van der Waals surface area contributed by atoms with Crippen molar-refractivity contribution in [2.75, 3.05) is 18.4 Å². The second-order valence-corrected chi connectivity index (χ2v) is 9.23. The van der Waals surface area contributed by atoms with E-state index in [4.69, 9.17) is 28.9 Å². The zero-order valence-corrected chi connectivity index (χ0v) is 20.2. The minimum atomic E-state index is -4.25. The first-order valence-corrected chi connectivity index (χ1v) is 11.1. The summed E-state index contributed by atoms with van der Waals surface area (Å²) in [6.07, 6.45) is 1.25. The summed E-state index contributed by atoms with van der Waals surface area (Å²) in [5, 5.41) is 1.61. The fourth-order valence-electron chi connectivity index (χ4n) is 2.93. The quantitative estimate of drug-likeness (QED) is 0.413. The van der Waals surface area contributed by atoms with Crippen molar-refractivity contribution in [3.63, 3.8) is 0 Å². The summed E-state index contributed by atoms with van der Waals surface area (Å²) in [4.78, 5) is 3.96. The van der Waals surface area contributed by atoms with Crippen LogP contribution in [0.4, 0.5) is 14.6 Å². The number of pyridine rings is 1. The van der Waals surface area contributed by atoms with Gasteiger partial charge in [-0.1, -0.05) is 23.2 Å². The van der Waals surface area contributed by atoms with E-state index in [-0.39, 0.29) is 45.9 Å². The molecule has 1 aromatic heterocycles. The van der Waals surface area contributed by atoms with Crippen molar-refractivity contribution in [2.24, 2.45) is 5.73 Å². The molecular weight excluding hydrogens is 526 g/mol. The summed E-state index contributed by atoms with van der Waals surface area (Å²) in [6, 6.07) is 9.41. The molecule has 174 valence electrons. The first-order valence-electron chi connectivity index (χ1n) is 8.78. The molecule has 0 aliphatic carbocycles. The van der Waals surface area contributed by atoms with Gasteiger partial charge in [0.2, 0.25) is 0 Å². The molecule has 1 atom stereocenters. The molecule has 5 nitrogen and oxygen atoms in total. The summed E-state index contributed by atoms with van der Waals surface area (Å²) >= 11 is 12.1. The zero-order chi connectivity index (χ0) is 21.9. The summed E-state index contributed by atoms with van der Waals surface area (Å²) in [5.74, 6) is -1.37. The molecule has 0 saturated carbocycles. The Hall–Kier alpha value is -1.68. The number of nitrogens with one attached hydrogen (secondary N) is 1. The summed E-state index contributed by atoms with van der Waals surface area (Å²) in [5.41, 5.74) is 5.15. The van der Waals surface area contributed by atoms with Gasteiger partial charge < -0.3 is 11.1 Å². The minimum absolute atomic E-state index is 0. The number of rotatable bonds is 7. The first kappa shape index (κ1) is 28.4. The van der Waals surface area contributed by atoms with Gasteiger partial charge in [-0.15, -0.1) is 24.8 Å². The van der Waals surface area contributed by atoms with Gasteiger partial charge in [0.15, 0.2) is 9.84 Å². The maximum Gasteiger partial charge on any atom is 0.189 e. The number of hydrogen-bond donors (Lipinski definition) is 2. The van der Waals surface area contributed by atoms with Crippen LogP contribution in [0.5, 0.6) is 0 Å². The van der Waals surface area contributed by atoms with Gasteiger partial charge in [0.05, 0.1) is 9.92 Å². The molecule has 32 heavy (non-hydrogen) atoms. The number of hydrogen-bond acceptors (Lipinski definition) is 5. The highest BCUT2D eigenvalue weighted by Crippen LogP contribution is 2.40. The van der Waals surface area contributed by atoms with E-state index in [0.29, 0.717) is 23.9 Å². The predicted molar refractivity (Wildman–Crippen MR) is 128 cm³/mol. The third kappa shape index (κ3) is 6.21. The molecule has 0 aliphatic heterocycles. The van der Waals surface area contributed by atoms with Crippen molar-refractivity contribution < 1.29 is 17.2 Å². The number of benzene rings is 2. The molecule has 3 aromatic rings. The SMILES string of the molecule is Cl.Cl.NCCNc1cc(C(c2cc(F)ccc2F)S(=O)(=O)c2ccc(Cl)cc2)c(Cl)cn1. The molecule has 12 heteroatoms. The van der Waals surface area contributed by atoms with E-state index in [1.165, 1.54) is 36.5 Å². The third-order valence-corrected chi connectivity index (χ3v) is 6.94. The fraction of sp³-hybridized carbons (Fsp3) is 0.150. The van der Waals surface area contributed by atoms with Gasteiger partial charge in [-0.25, -0.2) is 22.2 Å². The first-order chi connectivity index (χ1) is 14.2. The Morgan fingerprint density at radius 1 is 1.00 bits per heavy atom. The smallest absolute Gasteiger partial charge is 0.189 e. The number of halogens is 6. The Bertz CT molecular complexity index is 1170. The molecule has 3 rings (SSSR count). The standard InChI is InChI=1S/C20H17Cl2F2N3O2S.2ClH/c21-12-1-4-14(5-2-12)30(28,29)20(16-9-13(23)3-6-18(16)24)15-10-19(26-8-7-25)27-11-17(15)22;;/h1-6,9-11,20H,7-8,25H2,(H,26,27);2*1H. The lowest BCUT2D eigenvalue weighted by molar-refractivity contribution is 0.569. The number of nitrogens with two attached hydrogens (primary N) is 1. The Kier molecular flexibility index (Phi) is 10.6. The summed E-state index contributed by atoms with van der Waals surface area (Å²) < 4.78 is 55.7. The van der Waals surface area contributed by atoms with Crippen LogP contribution in [0.2, 0.25) is 10.0 Å². The number of aromatic nitrogens is 1. The van der Waals surface area contributed by atoms with Crippen molar-refractivity contribution in [1.29, 1.82) is 0 Å². The van der Waals surface area contributed by atoms with Gasteiger partial charge in [0, 0.05) is 29.9 Å². The molecule has 0 aliphatic rings. The lowest BCUT2D eigenvalue weighted by Crippen LogP contribution is -2.19. The Morgan fingerprint density at radius 2 is 1.66 bits per heavy atom. The Morgan fingerprint density at radius 3 is 2.28 bits per heavy atom. The van der Waals surface area contributed by atoms with Gasteiger partial charge in [0.25, 0.3) is 0 Å². The highest BCUT2D eigenvalue weighted by molar-refractivity contribution is 7.92. The number of sulfone groups is 1. The van der Waals surface area contributed by atoms with Gasteiger partial charge in [0.1, 0.15) is 22.7 Å². The minimum Gasteiger partial charge on any atom is -0.369 e. The van der Waals surface area contributed by atoms with E-state index >= 15 is 0 Å². The monoisotopic (exact) mass is 543 g/mol.